The maximum atomic E-state index is 11.5. The second kappa shape index (κ2) is 7.40. The van der Waals surface area contributed by atoms with Gasteiger partial charge in [0.2, 0.25) is 0 Å². The fourth-order valence-corrected chi connectivity index (χ4v) is 3.23. The molecular weight excluding hydrogens is 336 g/mol. The molecule has 1 aromatic heterocycles. The van der Waals surface area contributed by atoms with Crippen molar-refractivity contribution in [2.45, 2.75) is 58.8 Å². The summed E-state index contributed by atoms with van der Waals surface area (Å²) in [6.07, 6.45) is 3.75. The van der Waals surface area contributed by atoms with Crippen molar-refractivity contribution in [3.63, 3.8) is 0 Å². The standard InChI is InChI=1S/C15H23BrN2O3/c1-4-18-13(14(16)10(2)17-18)9-21-12-7-5-11(6-8-12)15(19)20-3/h11-12H,4-9H2,1-3H3. The van der Waals surface area contributed by atoms with E-state index in [2.05, 4.69) is 28.0 Å². The number of carbonyl (C=O) groups excluding carboxylic acids is 1. The Morgan fingerprint density at radius 2 is 2.05 bits per heavy atom. The number of aromatic nitrogens is 2. The fourth-order valence-electron chi connectivity index (χ4n) is 2.84. The van der Waals surface area contributed by atoms with E-state index in [1.54, 1.807) is 0 Å². The summed E-state index contributed by atoms with van der Waals surface area (Å²) in [6.45, 7) is 5.45. The van der Waals surface area contributed by atoms with Gasteiger partial charge in [0.05, 0.1) is 41.6 Å². The minimum atomic E-state index is -0.0871. The number of nitrogens with zero attached hydrogens (tertiary/aromatic N) is 2. The molecule has 1 aromatic rings. The molecule has 0 bridgehead atoms. The van der Waals surface area contributed by atoms with Crippen LogP contribution >= 0.6 is 15.9 Å². The van der Waals surface area contributed by atoms with Gasteiger partial charge in [0, 0.05) is 6.54 Å². The van der Waals surface area contributed by atoms with Crippen LogP contribution in [0.15, 0.2) is 4.47 Å². The topological polar surface area (TPSA) is 53.4 Å². The molecule has 2 rings (SSSR count). The first-order chi connectivity index (χ1) is 10.1. The highest BCUT2D eigenvalue weighted by Crippen LogP contribution is 2.29. The van der Waals surface area contributed by atoms with Crippen molar-refractivity contribution in [2.24, 2.45) is 5.92 Å². The first-order valence-electron chi connectivity index (χ1n) is 7.48. The Labute approximate surface area is 134 Å². The molecule has 0 unspecified atom stereocenters. The summed E-state index contributed by atoms with van der Waals surface area (Å²) in [4.78, 5) is 11.5. The van der Waals surface area contributed by atoms with Gasteiger partial charge in [-0.05, 0) is 55.5 Å². The molecular formula is C15H23BrN2O3. The van der Waals surface area contributed by atoms with Crippen LogP contribution in [0.4, 0.5) is 0 Å². The molecule has 0 saturated heterocycles. The van der Waals surface area contributed by atoms with Crippen LogP contribution < -0.4 is 0 Å². The van der Waals surface area contributed by atoms with Crippen LogP contribution in [0.25, 0.3) is 0 Å². The van der Waals surface area contributed by atoms with Crippen molar-refractivity contribution in [3.05, 3.63) is 15.9 Å². The van der Waals surface area contributed by atoms with Crippen molar-refractivity contribution < 1.29 is 14.3 Å². The first kappa shape index (κ1) is 16.5. The molecule has 0 amide bonds. The summed E-state index contributed by atoms with van der Waals surface area (Å²) < 4.78 is 13.8. The third-order valence-electron chi connectivity index (χ3n) is 4.12. The van der Waals surface area contributed by atoms with E-state index in [1.165, 1.54) is 7.11 Å². The third-order valence-corrected chi connectivity index (χ3v) is 5.15. The monoisotopic (exact) mass is 358 g/mol. The van der Waals surface area contributed by atoms with E-state index in [1.807, 2.05) is 11.6 Å². The van der Waals surface area contributed by atoms with Gasteiger partial charge in [0.25, 0.3) is 0 Å². The van der Waals surface area contributed by atoms with Crippen molar-refractivity contribution in [1.82, 2.24) is 9.78 Å². The maximum Gasteiger partial charge on any atom is 0.308 e. The molecule has 0 spiro atoms. The minimum Gasteiger partial charge on any atom is -0.469 e. The zero-order valence-electron chi connectivity index (χ0n) is 12.9. The predicted octanol–water partition coefficient (Wildman–Crippen LogP) is 3.22. The van der Waals surface area contributed by atoms with Gasteiger partial charge < -0.3 is 9.47 Å². The van der Waals surface area contributed by atoms with Gasteiger partial charge in [-0.2, -0.15) is 5.10 Å². The number of hydrogen-bond acceptors (Lipinski definition) is 4. The zero-order chi connectivity index (χ0) is 15.4. The van der Waals surface area contributed by atoms with Crippen LogP contribution in [0.2, 0.25) is 0 Å². The van der Waals surface area contributed by atoms with Gasteiger partial charge in [0.1, 0.15) is 0 Å². The lowest BCUT2D eigenvalue weighted by Gasteiger charge is -2.27. The van der Waals surface area contributed by atoms with Crippen LogP contribution in [0, 0.1) is 12.8 Å². The molecule has 1 aliphatic rings. The molecule has 118 valence electrons. The normalized spacial score (nSPS) is 22.3. The molecule has 1 heterocycles. The molecule has 0 radical (unpaired) electrons. The van der Waals surface area contributed by atoms with Crippen molar-refractivity contribution >= 4 is 21.9 Å². The summed E-state index contributed by atoms with van der Waals surface area (Å²) in [6, 6.07) is 0. The molecule has 1 aliphatic carbocycles. The lowest BCUT2D eigenvalue weighted by atomic mass is 9.87. The van der Waals surface area contributed by atoms with E-state index in [-0.39, 0.29) is 18.0 Å². The number of carbonyl (C=O) groups is 1. The number of hydrogen-bond donors (Lipinski definition) is 0. The second-order valence-corrected chi connectivity index (χ2v) is 6.26. The van der Waals surface area contributed by atoms with Crippen LogP contribution in [0.3, 0.4) is 0 Å². The Morgan fingerprint density at radius 3 is 2.62 bits per heavy atom. The maximum absolute atomic E-state index is 11.5. The van der Waals surface area contributed by atoms with E-state index < -0.39 is 0 Å². The number of ether oxygens (including phenoxy) is 2. The van der Waals surface area contributed by atoms with Gasteiger partial charge >= 0.3 is 5.97 Å². The number of methoxy groups -OCH3 is 1. The van der Waals surface area contributed by atoms with Gasteiger partial charge in [-0.3, -0.25) is 9.48 Å². The van der Waals surface area contributed by atoms with Crippen LogP contribution in [-0.4, -0.2) is 29.0 Å². The van der Waals surface area contributed by atoms with Crippen LogP contribution in [-0.2, 0) is 27.4 Å². The first-order valence-corrected chi connectivity index (χ1v) is 8.27. The van der Waals surface area contributed by atoms with Gasteiger partial charge in [0.15, 0.2) is 0 Å². The highest BCUT2D eigenvalue weighted by atomic mass is 79.9. The highest BCUT2D eigenvalue weighted by molar-refractivity contribution is 9.10. The Kier molecular flexibility index (Phi) is 5.81. The van der Waals surface area contributed by atoms with E-state index in [9.17, 15) is 4.79 Å². The Morgan fingerprint density at radius 1 is 1.38 bits per heavy atom. The molecule has 6 heteroatoms. The Balaban J connectivity index is 1.86. The second-order valence-electron chi connectivity index (χ2n) is 5.47. The molecule has 0 N–H and O–H groups in total. The summed E-state index contributed by atoms with van der Waals surface area (Å²) in [5.74, 6) is -0.0409. The molecule has 21 heavy (non-hydrogen) atoms. The molecule has 0 aliphatic heterocycles. The van der Waals surface area contributed by atoms with Gasteiger partial charge in [-0.25, -0.2) is 0 Å². The average Bonchev–Trinajstić information content (AvgIpc) is 2.79. The average molecular weight is 359 g/mol. The summed E-state index contributed by atoms with van der Waals surface area (Å²) in [5, 5.41) is 4.47. The third kappa shape index (κ3) is 3.86. The molecule has 0 atom stereocenters. The summed E-state index contributed by atoms with van der Waals surface area (Å²) in [7, 11) is 1.46. The number of halogens is 1. The quantitative estimate of drug-likeness (QED) is 0.758. The molecule has 1 fully saturated rings. The van der Waals surface area contributed by atoms with Crippen LogP contribution in [0.1, 0.15) is 44.0 Å². The van der Waals surface area contributed by atoms with Crippen molar-refractivity contribution in [2.75, 3.05) is 7.11 Å². The molecule has 0 aromatic carbocycles. The Hall–Kier alpha value is -0.880. The predicted molar refractivity (Wildman–Crippen MR) is 82.9 cm³/mol. The van der Waals surface area contributed by atoms with E-state index in [0.29, 0.717) is 6.61 Å². The van der Waals surface area contributed by atoms with Crippen molar-refractivity contribution in [1.29, 1.82) is 0 Å². The van der Waals surface area contributed by atoms with Gasteiger partial charge in [-0.15, -0.1) is 0 Å². The number of esters is 1. The van der Waals surface area contributed by atoms with Crippen molar-refractivity contribution in [3.8, 4) is 0 Å². The van der Waals surface area contributed by atoms with Crippen LogP contribution in [0.5, 0.6) is 0 Å². The van der Waals surface area contributed by atoms with E-state index in [0.717, 1.165) is 48.1 Å². The lowest BCUT2D eigenvalue weighted by molar-refractivity contribution is -0.147. The smallest absolute Gasteiger partial charge is 0.308 e. The molecule has 1 saturated carbocycles. The molecule has 5 nitrogen and oxygen atoms in total. The largest absolute Gasteiger partial charge is 0.469 e. The van der Waals surface area contributed by atoms with Gasteiger partial charge in [-0.1, -0.05) is 0 Å². The Bertz CT molecular complexity index is 493. The summed E-state index contributed by atoms with van der Waals surface area (Å²) in [5.41, 5.74) is 2.08. The SMILES string of the molecule is CCn1nc(C)c(Br)c1COC1CCC(C(=O)OC)CC1. The lowest BCUT2D eigenvalue weighted by Crippen LogP contribution is -2.27. The van der Waals surface area contributed by atoms with E-state index >= 15 is 0 Å². The number of aryl methyl sites for hydroxylation is 2. The highest BCUT2D eigenvalue weighted by Gasteiger charge is 2.27. The minimum absolute atomic E-state index is 0.0463. The number of rotatable bonds is 5. The zero-order valence-corrected chi connectivity index (χ0v) is 14.5. The fraction of sp³-hybridized carbons (Fsp3) is 0.733. The van der Waals surface area contributed by atoms with E-state index in [4.69, 9.17) is 9.47 Å². The summed E-state index contributed by atoms with van der Waals surface area (Å²) >= 11 is 3.58.